The summed E-state index contributed by atoms with van der Waals surface area (Å²) in [5.74, 6) is -0.281. The molecule has 3 aromatic carbocycles. The molecule has 0 aliphatic carbocycles. The Labute approximate surface area is 245 Å². The van der Waals surface area contributed by atoms with Gasteiger partial charge in [-0.25, -0.2) is 15.1 Å². The number of carboxylic acids is 1. The molecular formula is C32H36N4O4S. The summed E-state index contributed by atoms with van der Waals surface area (Å²) in [6.45, 7) is 6.03. The van der Waals surface area contributed by atoms with Crippen LogP contribution in [0.3, 0.4) is 0 Å². The highest BCUT2D eigenvalue weighted by molar-refractivity contribution is 7.98. The van der Waals surface area contributed by atoms with Crippen molar-refractivity contribution in [1.82, 2.24) is 5.43 Å². The summed E-state index contributed by atoms with van der Waals surface area (Å²) >= 11 is 1.48. The number of imide groups is 1. The minimum Gasteiger partial charge on any atom is -0.481 e. The molecule has 41 heavy (non-hydrogen) atoms. The number of carbonyl (C=O) groups excluding carboxylic acids is 2. The third-order valence-corrected chi connectivity index (χ3v) is 8.07. The molecule has 8 nitrogen and oxygen atoms in total. The first kappa shape index (κ1) is 29.9. The third-order valence-electron chi connectivity index (χ3n) is 7.04. The van der Waals surface area contributed by atoms with Crippen molar-refractivity contribution in [1.29, 1.82) is 0 Å². The molecular weight excluding hydrogens is 536 g/mol. The van der Waals surface area contributed by atoms with Gasteiger partial charge in [0.1, 0.15) is 0 Å². The molecule has 0 aromatic heterocycles. The fourth-order valence-corrected chi connectivity index (χ4v) is 5.50. The van der Waals surface area contributed by atoms with Gasteiger partial charge < -0.3 is 10.0 Å². The molecule has 0 unspecified atom stereocenters. The number of benzene rings is 3. The van der Waals surface area contributed by atoms with Crippen molar-refractivity contribution in [3.8, 4) is 0 Å². The second-order valence-corrected chi connectivity index (χ2v) is 11.2. The molecule has 0 radical (unpaired) electrons. The van der Waals surface area contributed by atoms with Crippen molar-refractivity contribution in [3.63, 3.8) is 0 Å². The number of piperidine rings is 1. The highest BCUT2D eigenvalue weighted by atomic mass is 32.2. The minimum atomic E-state index is -0.838. The average Bonchev–Trinajstić information content (AvgIpc) is 2.98. The summed E-state index contributed by atoms with van der Waals surface area (Å²) in [7, 11) is 0. The van der Waals surface area contributed by atoms with E-state index >= 15 is 0 Å². The number of nitrogens with one attached hydrogen (secondary N) is 1. The molecule has 1 fully saturated rings. The summed E-state index contributed by atoms with van der Waals surface area (Å²) in [6, 6.07) is 19.8. The number of aliphatic carboxylic acids is 1. The zero-order valence-electron chi connectivity index (χ0n) is 23.5. The van der Waals surface area contributed by atoms with Crippen molar-refractivity contribution < 1.29 is 19.5 Å². The second kappa shape index (κ2) is 14.5. The Morgan fingerprint density at radius 3 is 2.44 bits per heavy atom. The normalized spacial score (nSPS) is 13.3. The number of aryl methyl sites for hydroxylation is 2. The Morgan fingerprint density at radius 1 is 0.976 bits per heavy atom. The number of nitrogens with zero attached hydrogens (tertiary/aromatic N) is 3. The van der Waals surface area contributed by atoms with Crippen LogP contribution in [0.15, 0.2) is 71.8 Å². The van der Waals surface area contributed by atoms with Crippen LogP contribution in [0.5, 0.6) is 0 Å². The lowest BCUT2D eigenvalue weighted by atomic mass is 10.1. The molecule has 3 aromatic rings. The van der Waals surface area contributed by atoms with Gasteiger partial charge in [-0.1, -0.05) is 30.3 Å². The maximum absolute atomic E-state index is 13.8. The predicted molar refractivity (Wildman–Crippen MR) is 166 cm³/mol. The maximum Gasteiger partial charge on any atom is 0.349 e. The topological polar surface area (TPSA) is 102 Å². The van der Waals surface area contributed by atoms with Crippen LogP contribution in [0.25, 0.3) is 0 Å². The van der Waals surface area contributed by atoms with Gasteiger partial charge >= 0.3 is 12.0 Å². The quantitative estimate of drug-likeness (QED) is 0.166. The van der Waals surface area contributed by atoms with Gasteiger partial charge in [-0.2, -0.15) is 16.9 Å². The molecule has 0 spiro atoms. The molecule has 1 aliphatic heterocycles. The maximum atomic E-state index is 13.8. The number of thioether (sulfide) groups is 1. The summed E-state index contributed by atoms with van der Waals surface area (Å²) in [4.78, 5) is 41.4. The molecule has 1 saturated heterocycles. The van der Waals surface area contributed by atoms with E-state index in [1.54, 1.807) is 36.5 Å². The Balaban J connectivity index is 1.55. The number of carboxylic acid groups (broad SMARTS) is 1. The first-order valence-electron chi connectivity index (χ1n) is 13.8. The van der Waals surface area contributed by atoms with Crippen molar-refractivity contribution in [2.24, 2.45) is 5.10 Å². The van der Waals surface area contributed by atoms with Crippen LogP contribution in [-0.2, 0) is 10.5 Å². The molecule has 1 aliphatic rings. The van der Waals surface area contributed by atoms with Gasteiger partial charge in [0.2, 0.25) is 0 Å². The number of hydrogen-bond acceptors (Lipinski definition) is 6. The molecule has 9 heteroatoms. The van der Waals surface area contributed by atoms with Gasteiger partial charge in [0.05, 0.1) is 18.3 Å². The van der Waals surface area contributed by atoms with Crippen LogP contribution in [-0.4, -0.2) is 48.1 Å². The highest BCUT2D eigenvalue weighted by Crippen LogP contribution is 2.25. The Hall–Kier alpha value is -4.11. The Kier molecular flexibility index (Phi) is 10.6. The van der Waals surface area contributed by atoms with E-state index in [4.69, 9.17) is 5.11 Å². The van der Waals surface area contributed by atoms with Crippen LogP contribution in [0.2, 0.25) is 0 Å². The predicted octanol–water partition coefficient (Wildman–Crippen LogP) is 6.39. The second-order valence-electron chi connectivity index (χ2n) is 10.1. The molecule has 4 rings (SSSR count). The van der Waals surface area contributed by atoms with Gasteiger partial charge in [0.25, 0.3) is 5.91 Å². The molecule has 1 heterocycles. The SMILES string of the molecule is Cc1ccc(C=NNC(=O)N(C(=O)c2cccc(CSCCC(=O)O)c2)c2ccc(N3CCCCC3)cc2)cc1C. The fraction of sp³-hybridized carbons (Fsp3) is 0.312. The molecule has 3 amide bonds. The molecule has 2 N–H and O–H groups in total. The number of hydrogen-bond donors (Lipinski definition) is 2. The van der Waals surface area contributed by atoms with Gasteiger partial charge in [0.15, 0.2) is 0 Å². The van der Waals surface area contributed by atoms with Gasteiger partial charge in [0, 0.05) is 35.8 Å². The number of hydrazone groups is 1. The number of anilines is 2. The zero-order valence-corrected chi connectivity index (χ0v) is 24.3. The van der Waals surface area contributed by atoms with E-state index in [0.29, 0.717) is 22.8 Å². The molecule has 0 saturated carbocycles. The molecule has 214 valence electrons. The van der Waals surface area contributed by atoms with E-state index in [1.807, 2.05) is 50.2 Å². The van der Waals surface area contributed by atoms with Crippen molar-refractivity contribution in [3.05, 3.63) is 94.5 Å². The summed E-state index contributed by atoms with van der Waals surface area (Å²) in [6.07, 6.45) is 5.17. The number of carbonyl (C=O) groups is 3. The van der Waals surface area contributed by atoms with Crippen LogP contribution in [0, 0.1) is 13.8 Å². The Bertz CT molecular complexity index is 1400. The molecule has 0 bridgehead atoms. The van der Waals surface area contributed by atoms with E-state index in [0.717, 1.165) is 53.2 Å². The van der Waals surface area contributed by atoms with E-state index in [-0.39, 0.29) is 6.42 Å². The van der Waals surface area contributed by atoms with Crippen LogP contribution in [0.4, 0.5) is 16.2 Å². The monoisotopic (exact) mass is 572 g/mol. The van der Waals surface area contributed by atoms with Crippen LogP contribution < -0.4 is 15.2 Å². The van der Waals surface area contributed by atoms with Crippen molar-refractivity contribution in [2.45, 2.75) is 45.3 Å². The number of amides is 3. The lowest BCUT2D eigenvalue weighted by molar-refractivity contribution is -0.136. The van der Waals surface area contributed by atoms with E-state index in [1.165, 1.54) is 23.7 Å². The smallest absolute Gasteiger partial charge is 0.349 e. The lowest BCUT2D eigenvalue weighted by Gasteiger charge is -2.29. The van der Waals surface area contributed by atoms with Crippen LogP contribution in [0.1, 0.15) is 58.3 Å². The number of urea groups is 1. The van der Waals surface area contributed by atoms with Gasteiger partial charge in [-0.3, -0.25) is 9.59 Å². The van der Waals surface area contributed by atoms with E-state index in [9.17, 15) is 14.4 Å². The largest absolute Gasteiger partial charge is 0.481 e. The average molecular weight is 573 g/mol. The fourth-order valence-electron chi connectivity index (χ4n) is 4.62. The summed E-state index contributed by atoms with van der Waals surface area (Å²) < 4.78 is 0. The van der Waals surface area contributed by atoms with Gasteiger partial charge in [-0.15, -0.1) is 0 Å². The first-order chi connectivity index (χ1) is 19.8. The van der Waals surface area contributed by atoms with E-state index < -0.39 is 17.9 Å². The standard InChI is InChI=1S/C32H36N4O4S/c1-23-9-10-25(19-24(23)2)21-33-34-32(40)36(29-13-11-28(12-14-29)35-16-4-3-5-17-35)31(39)27-8-6-7-26(20-27)22-41-18-15-30(37)38/h6-14,19-21H,3-5,15-18,22H2,1-2H3,(H,34,40)(H,37,38). The van der Waals surface area contributed by atoms with Crippen LogP contribution >= 0.6 is 11.8 Å². The summed E-state index contributed by atoms with van der Waals surface area (Å²) in [5, 5.41) is 13.0. The number of rotatable bonds is 10. The minimum absolute atomic E-state index is 0.0767. The van der Waals surface area contributed by atoms with E-state index in [2.05, 4.69) is 15.4 Å². The van der Waals surface area contributed by atoms with Crippen molar-refractivity contribution >= 4 is 47.3 Å². The lowest BCUT2D eigenvalue weighted by Crippen LogP contribution is -2.42. The highest BCUT2D eigenvalue weighted by Gasteiger charge is 2.25. The van der Waals surface area contributed by atoms with Crippen molar-refractivity contribution in [2.75, 3.05) is 28.6 Å². The summed E-state index contributed by atoms with van der Waals surface area (Å²) in [5.41, 5.74) is 8.38. The first-order valence-corrected chi connectivity index (χ1v) is 15.0. The Morgan fingerprint density at radius 2 is 1.73 bits per heavy atom. The molecule has 0 atom stereocenters. The van der Waals surface area contributed by atoms with Gasteiger partial charge in [-0.05, 0) is 91.8 Å². The third kappa shape index (κ3) is 8.44. The zero-order chi connectivity index (χ0) is 29.2.